The van der Waals surface area contributed by atoms with Crippen LogP contribution in [-0.4, -0.2) is 42.4 Å². The van der Waals surface area contributed by atoms with Crippen LogP contribution in [0.5, 0.6) is 0 Å². The quantitative estimate of drug-likeness (QED) is 0.645. The summed E-state index contributed by atoms with van der Waals surface area (Å²) in [4.78, 5) is 37.9. The molecule has 0 radical (unpaired) electrons. The number of aryl methyl sites for hydroxylation is 1. The van der Waals surface area contributed by atoms with Gasteiger partial charge in [0.1, 0.15) is 0 Å². The minimum absolute atomic E-state index is 0.182. The number of carbonyl (C=O) groups excluding carboxylic acids is 3. The molecule has 0 saturated carbocycles. The highest BCUT2D eigenvalue weighted by atomic mass is 16.5. The van der Waals surface area contributed by atoms with Gasteiger partial charge < -0.3 is 15.0 Å². The van der Waals surface area contributed by atoms with E-state index < -0.39 is 11.8 Å². The number of piperidine rings is 1. The zero-order chi connectivity index (χ0) is 19.1. The van der Waals surface area contributed by atoms with Crippen LogP contribution in [0.15, 0.2) is 24.3 Å². The number of benzene rings is 1. The van der Waals surface area contributed by atoms with Crippen molar-refractivity contribution >= 4 is 17.8 Å². The van der Waals surface area contributed by atoms with E-state index >= 15 is 0 Å². The van der Waals surface area contributed by atoms with Gasteiger partial charge in [0.25, 0.3) is 0 Å². The first-order valence-corrected chi connectivity index (χ1v) is 9.31. The average Bonchev–Trinajstić information content (AvgIpc) is 2.67. The van der Waals surface area contributed by atoms with Gasteiger partial charge in [-0.3, -0.25) is 14.4 Å². The van der Waals surface area contributed by atoms with Gasteiger partial charge in [-0.15, -0.1) is 0 Å². The van der Waals surface area contributed by atoms with Crippen molar-refractivity contribution in [3.05, 3.63) is 35.4 Å². The Morgan fingerprint density at radius 3 is 2.31 bits per heavy atom. The molecule has 26 heavy (non-hydrogen) atoms. The fourth-order valence-electron chi connectivity index (χ4n) is 3.11. The molecule has 0 bridgehead atoms. The third-order valence-electron chi connectivity index (χ3n) is 4.83. The van der Waals surface area contributed by atoms with Crippen molar-refractivity contribution < 1.29 is 19.1 Å². The summed E-state index contributed by atoms with van der Waals surface area (Å²) in [6.07, 6.45) is 2.03. The molecule has 1 aliphatic heterocycles. The number of likely N-dealkylation sites (tertiary alicyclic amines) is 1. The van der Waals surface area contributed by atoms with Crippen LogP contribution in [-0.2, 0) is 25.5 Å². The van der Waals surface area contributed by atoms with Gasteiger partial charge in [-0.1, -0.05) is 31.2 Å². The molecule has 1 N–H and O–H groups in total. The van der Waals surface area contributed by atoms with Gasteiger partial charge in [-0.05, 0) is 44.2 Å². The molecule has 0 aromatic heterocycles. The summed E-state index contributed by atoms with van der Waals surface area (Å²) < 4.78 is 5.02. The van der Waals surface area contributed by atoms with Crippen molar-refractivity contribution in [2.45, 2.75) is 46.1 Å². The maximum Gasteiger partial charge on any atom is 0.311 e. The molecular formula is C20H28N2O4. The highest BCUT2D eigenvalue weighted by molar-refractivity contribution is 6.35. The lowest BCUT2D eigenvalue weighted by atomic mass is 9.97. The van der Waals surface area contributed by atoms with Crippen LogP contribution in [0.25, 0.3) is 0 Å². The number of rotatable bonds is 5. The second-order valence-electron chi connectivity index (χ2n) is 6.61. The summed E-state index contributed by atoms with van der Waals surface area (Å²) in [6, 6.07) is 7.76. The Hall–Kier alpha value is -2.37. The van der Waals surface area contributed by atoms with Gasteiger partial charge in [0.2, 0.25) is 0 Å². The normalized spacial score (nSPS) is 16.0. The summed E-state index contributed by atoms with van der Waals surface area (Å²) in [6.45, 7) is 6.88. The van der Waals surface area contributed by atoms with E-state index in [1.54, 1.807) is 6.92 Å². The molecule has 0 spiro atoms. The van der Waals surface area contributed by atoms with Crippen molar-refractivity contribution in [1.82, 2.24) is 10.2 Å². The molecule has 1 fully saturated rings. The van der Waals surface area contributed by atoms with Gasteiger partial charge in [0.15, 0.2) is 0 Å². The molecule has 2 rings (SSSR count). The molecule has 6 heteroatoms. The van der Waals surface area contributed by atoms with Gasteiger partial charge >= 0.3 is 17.8 Å². The molecule has 6 nitrogen and oxygen atoms in total. The summed E-state index contributed by atoms with van der Waals surface area (Å²) in [5.41, 5.74) is 2.19. The van der Waals surface area contributed by atoms with Crippen LogP contribution in [0.3, 0.4) is 0 Å². The predicted octanol–water partition coefficient (Wildman–Crippen LogP) is 2.23. The fraction of sp³-hybridized carbons (Fsp3) is 0.550. The van der Waals surface area contributed by atoms with E-state index in [0.717, 1.165) is 12.0 Å². The van der Waals surface area contributed by atoms with E-state index in [4.69, 9.17) is 4.74 Å². The second kappa shape index (κ2) is 9.36. The van der Waals surface area contributed by atoms with Gasteiger partial charge in [0, 0.05) is 13.1 Å². The van der Waals surface area contributed by atoms with E-state index in [1.807, 2.05) is 31.2 Å². The minimum Gasteiger partial charge on any atom is -0.466 e. The van der Waals surface area contributed by atoms with Gasteiger partial charge in [0.05, 0.1) is 18.6 Å². The lowest BCUT2D eigenvalue weighted by molar-refractivity contribution is -0.152. The molecule has 2 amide bonds. The van der Waals surface area contributed by atoms with Crippen LogP contribution in [0, 0.1) is 5.92 Å². The van der Waals surface area contributed by atoms with Crippen molar-refractivity contribution in [1.29, 1.82) is 0 Å². The highest BCUT2D eigenvalue weighted by Crippen LogP contribution is 2.19. The largest absolute Gasteiger partial charge is 0.466 e. The topological polar surface area (TPSA) is 75.7 Å². The van der Waals surface area contributed by atoms with Crippen LogP contribution >= 0.6 is 0 Å². The third-order valence-corrected chi connectivity index (χ3v) is 4.83. The van der Waals surface area contributed by atoms with E-state index in [2.05, 4.69) is 12.2 Å². The number of ether oxygens (including phenoxy) is 1. The number of hydrogen-bond acceptors (Lipinski definition) is 4. The Labute approximate surface area is 154 Å². The van der Waals surface area contributed by atoms with Crippen molar-refractivity contribution in [3.8, 4) is 0 Å². The molecule has 1 aromatic rings. The number of esters is 1. The van der Waals surface area contributed by atoms with E-state index in [9.17, 15) is 14.4 Å². The lowest BCUT2D eigenvalue weighted by Crippen LogP contribution is -2.47. The number of amides is 2. The second-order valence-corrected chi connectivity index (χ2v) is 6.61. The molecular weight excluding hydrogens is 332 g/mol. The molecule has 1 saturated heterocycles. The Balaban J connectivity index is 1.85. The van der Waals surface area contributed by atoms with Crippen molar-refractivity contribution in [3.63, 3.8) is 0 Å². The van der Waals surface area contributed by atoms with Crippen LogP contribution < -0.4 is 5.32 Å². The first-order chi connectivity index (χ1) is 12.5. The molecule has 1 aromatic carbocycles. The number of nitrogens with zero attached hydrogens (tertiary/aromatic N) is 1. The van der Waals surface area contributed by atoms with E-state index in [-0.39, 0.29) is 17.9 Å². The SMILES string of the molecule is CCOC(=O)C1CCN(C(=O)C(=O)NC(C)c2ccc(CC)cc2)CC1. The average molecular weight is 360 g/mol. The highest BCUT2D eigenvalue weighted by Gasteiger charge is 2.31. The fourth-order valence-corrected chi connectivity index (χ4v) is 3.11. The standard InChI is InChI=1S/C20H28N2O4/c1-4-15-6-8-16(9-7-15)14(3)21-18(23)19(24)22-12-10-17(11-13-22)20(25)26-5-2/h6-9,14,17H,4-5,10-13H2,1-3H3,(H,21,23). The maximum atomic E-state index is 12.4. The zero-order valence-corrected chi connectivity index (χ0v) is 15.8. The summed E-state index contributed by atoms with van der Waals surface area (Å²) in [5.74, 6) is -1.54. The molecule has 142 valence electrons. The number of nitrogens with one attached hydrogen (secondary N) is 1. The third kappa shape index (κ3) is 5.07. The smallest absolute Gasteiger partial charge is 0.311 e. The predicted molar refractivity (Wildman–Crippen MR) is 98.3 cm³/mol. The summed E-state index contributed by atoms with van der Waals surface area (Å²) in [7, 11) is 0. The molecule has 0 aliphatic carbocycles. The molecule has 1 unspecified atom stereocenters. The molecule has 1 atom stereocenters. The van der Waals surface area contributed by atoms with Crippen LogP contribution in [0.4, 0.5) is 0 Å². The zero-order valence-electron chi connectivity index (χ0n) is 15.8. The van der Waals surface area contributed by atoms with Crippen molar-refractivity contribution in [2.24, 2.45) is 5.92 Å². The van der Waals surface area contributed by atoms with E-state index in [0.29, 0.717) is 32.5 Å². The summed E-state index contributed by atoms with van der Waals surface area (Å²) >= 11 is 0. The Morgan fingerprint density at radius 1 is 1.15 bits per heavy atom. The molecule has 1 aliphatic rings. The number of hydrogen-bond donors (Lipinski definition) is 1. The minimum atomic E-state index is -0.605. The monoisotopic (exact) mass is 360 g/mol. The Bertz CT molecular complexity index is 634. The van der Waals surface area contributed by atoms with Gasteiger partial charge in [-0.2, -0.15) is 0 Å². The van der Waals surface area contributed by atoms with Crippen LogP contribution in [0.2, 0.25) is 0 Å². The van der Waals surface area contributed by atoms with Crippen LogP contribution in [0.1, 0.15) is 50.8 Å². The maximum absolute atomic E-state index is 12.4. The lowest BCUT2D eigenvalue weighted by Gasteiger charge is -2.30. The number of carbonyl (C=O) groups is 3. The first-order valence-electron chi connectivity index (χ1n) is 9.31. The summed E-state index contributed by atoms with van der Waals surface area (Å²) in [5, 5.41) is 2.76. The Morgan fingerprint density at radius 2 is 1.77 bits per heavy atom. The first kappa shape index (κ1) is 19.9. The van der Waals surface area contributed by atoms with E-state index in [1.165, 1.54) is 10.5 Å². The Kier molecular flexibility index (Phi) is 7.18. The molecule has 1 heterocycles. The van der Waals surface area contributed by atoms with Gasteiger partial charge in [-0.25, -0.2) is 0 Å². The van der Waals surface area contributed by atoms with Crippen molar-refractivity contribution in [2.75, 3.05) is 19.7 Å².